The molecule has 80 valence electrons. The van der Waals surface area contributed by atoms with E-state index in [1.54, 1.807) is 6.07 Å². The summed E-state index contributed by atoms with van der Waals surface area (Å²) < 4.78 is 0. The van der Waals surface area contributed by atoms with E-state index in [1.165, 1.54) is 11.1 Å². The fourth-order valence-corrected chi connectivity index (χ4v) is 1.65. The summed E-state index contributed by atoms with van der Waals surface area (Å²) in [7, 11) is 0. The lowest BCUT2D eigenvalue weighted by Gasteiger charge is -2.10. The van der Waals surface area contributed by atoms with Crippen molar-refractivity contribution in [2.75, 3.05) is 0 Å². The first kappa shape index (κ1) is 11.6. The van der Waals surface area contributed by atoms with Gasteiger partial charge in [-0.15, -0.1) is 4.91 Å². The molecule has 0 fully saturated rings. The van der Waals surface area contributed by atoms with Crippen molar-refractivity contribution in [3.8, 4) is 0 Å². The van der Waals surface area contributed by atoms with Crippen molar-refractivity contribution in [1.82, 2.24) is 0 Å². The molecule has 0 unspecified atom stereocenters. The van der Waals surface area contributed by atoms with Gasteiger partial charge in [0.05, 0.1) is 0 Å². The second-order valence-corrected chi connectivity index (χ2v) is 3.64. The third-order valence-corrected chi connectivity index (χ3v) is 2.52. The number of hydrogen-bond acceptors (Lipinski definition) is 2. The number of rotatable bonds is 5. The maximum absolute atomic E-state index is 10.4. The first-order chi connectivity index (χ1) is 7.22. The molecule has 1 aromatic rings. The van der Waals surface area contributed by atoms with Crippen LogP contribution in [0.25, 0.3) is 5.57 Å². The molecule has 1 rings (SSSR count). The zero-order valence-electron chi connectivity index (χ0n) is 9.42. The summed E-state index contributed by atoms with van der Waals surface area (Å²) in [5.74, 6) is 0. The molecule has 0 saturated heterocycles. The van der Waals surface area contributed by atoms with E-state index < -0.39 is 0 Å². The Hall–Kier alpha value is -1.44. The highest BCUT2D eigenvalue weighted by atomic mass is 16.3. The smallest absolute Gasteiger partial charge is 0.108 e. The molecule has 0 saturated carbocycles. The molecular weight excluding hydrogens is 186 g/mol. The van der Waals surface area contributed by atoms with Crippen LogP contribution in [-0.4, -0.2) is 0 Å². The molecule has 0 aromatic heterocycles. The van der Waals surface area contributed by atoms with Gasteiger partial charge in [-0.2, -0.15) is 0 Å². The van der Waals surface area contributed by atoms with Gasteiger partial charge < -0.3 is 0 Å². The molecule has 1 aromatic carbocycles. The number of allylic oxidation sites excluding steroid dienone is 1. The summed E-state index contributed by atoms with van der Waals surface area (Å²) in [5.41, 5.74) is 3.98. The predicted molar refractivity (Wildman–Crippen MR) is 65.2 cm³/mol. The van der Waals surface area contributed by atoms with Crippen molar-refractivity contribution in [3.05, 3.63) is 40.8 Å². The molecule has 0 amide bonds. The fourth-order valence-electron chi connectivity index (χ4n) is 1.65. The Morgan fingerprint density at radius 2 is 2.13 bits per heavy atom. The van der Waals surface area contributed by atoms with Crippen LogP contribution in [-0.2, 0) is 6.42 Å². The Bertz CT molecular complexity index is 369. The van der Waals surface area contributed by atoms with Crippen molar-refractivity contribution < 1.29 is 0 Å². The summed E-state index contributed by atoms with van der Waals surface area (Å²) in [5, 5.41) is 2.96. The van der Waals surface area contributed by atoms with Gasteiger partial charge in [-0.25, -0.2) is 0 Å². The zero-order chi connectivity index (χ0) is 11.3. The Kier molecular flexibility index (Phi) is 4.22. The molecule has 0 heterocycles. The van der Waals surface area contributed by atoms with E-state index >= 15 is 0 Å². The van der Waals surface area contributed by atoms with E-state index in [1.807, 2.05) is 12.1 Å². The summed E-state index contributed by atoms with van der Waals surface area (Å²) in [6.45, 7) is 8.24. The molecule has 0 aliphatic carbocycles. The minimum atomic E-state index is 0.506. The second kappa shape index (κ2) is 5.44. The van der Waals surface area contributed by atoms with Crippen LogP contribution in [0.4, 0.5) is 5.69 Å². The highest BCUT2D eigenvalue weighted by molar-refractivity contribution is 5.68. The standard InChI is InChI=1S/C13H17NO/c1-4-6-11-9-12(14-15)7-8-13(11)10(3)5-2/h7-9H,3-6H2,1-2H3. The van der Waals surface area contributed by atoms with Gasteiger partial charge >= 0.3 is 0 Å². The van der Waals surface area contributed by atoms with Gasteiger partial charge in [0.25, 0.3) is 0 Å². The Balaban J connectivity index is 3.14. The molecule has 0 radical (unpaired) electrons. The SMILES string of the molecule is C=C(CC)c1ccc(N=O)cc1CCC. The third-order valence-electron chi connectivity index (χ3n) is 2.52. The van der Waals surface area contributed by atoms with Crippen molar-refractivity contribution in [3.63, 3.8) is 0 Å². The van der Waals surface area contributed by atoms with E-state index in [0.29, 0.717) is 5.69 Å². The predicted octanol–water partition coefficient (Wildman–Crippen LogP) is 4.46. The minimum absolute atomic E-state index is 0.506. The molecule has 0 atom stereocenters. The van der Waals surface area contributed by atoms with Gasteiger partial charge in [0, 0.05) is 0 Å². The molecule has 0 N–H and O–H groups in total. The Labute approximate surface area is 91.0 Å². The summed E-state index contributed by atoms with van der Waals surface area (Å²) in [6.07, 6.45) is 2.97. The fraction of sp³-hybridized carbons (Fsp3) is 0.385. The summed E-state index contributed by atoms with van der Waals surface area (Å²) >= 11 is 0. The maximum Gasteiger partial charge on any atom is 0.108 e. The lowest BCUT2D eigenvalue weighted by molar-refractivity contribution is 0.917. The zero-order valence-corrected chi connectivity index (χ0v) is 9.42. The quantitative estimate of drug-likeness (QED) is 0.649. The van der Waals surface area contributed by atoms with Gasteiger partial charge in [0.2, 0.25) is 0 Å². The Morgan fingerprint density at radius 3 is 2.67 bits per heavy atom. The molecular formula is C13H17NO. The monoisotopic (exact) mass is 203 g/mol. The van der Waals surface area contributed by atoms with Gasteiger partial charge in [0.1, 0.15) is 5.69 Å². The summed E-state index contributed by atoms with van der Waals surface area (Å²) in [6, 6.07) is 5.57. The highest BCUT2D eigenvalue weighted by Crippen LogP contribution is 2.26. The van der Waals surface area contributed by atoms with E-state index in [4.69, 9.17) is 0 Å². The molecule has 0 aliphatic rings. The number of nitroso groups, excluding NO2 is 1. The first-order valence-corrected chi connectivity index (χ1v) is 5.37. The number of nitrogens with zero attached hydrogens (tertiary/aromatic N) is 1. The number of benzene rings is 1. The van der Waals surface area contributed by atoms with Crippen LogP contribution < -0.4 is 0 Å². The van der Waals surface area contributed by atoms with E-state index in [0.717, 1.165) is 24.8 Å². The average molecular weight is 203 g/mol. The van der Waals surface area contributed by atoms with Gasteiger partial charge in [-0.3, -0.25) is 0 Å². The van der Waals surface area contributed by atoms with E-state index in [-0.39, 0.29) is 0 Å². The van der Waals surface area contributed by atoms with Crippen molar-refractivity contribution in [1.29, 1.82) is 0 Å². The van der Waals surface area contributed by atoms with Crippen LogP contribution in [0.5, 0.6) is 0 Å². The van der Waals surface area contributed by atoms with Crippen molar-refractivity contribution in [2.24, 2.45) is 5.18 Å². The molecule has 0 aliphatic heterocycles. The van der Waals surface area contributed by atoms with Gasteiger partial charge in [-0.1, -0.05) is 32.9 Å². The van der Waals surface area contributed by atoms with Crippen molar-refractivity contribution >= 4 is 11.3 Å². The second-order valence-electron chi connectivity index (χ2n) is 3.64. The first-order valence-electron chi connectivity index (χ1n) is 5.37. The lowest BCUT2D eigenvalue weighted by atomic mass is 9.96. The van der Waals surface area contributed by atoms with E-state index in [9.17, 15) is 4.91 Å². The molecule has 2 nitrogen and oxygen atoms in total. The minimum Gasteiger partial charge on any atom is -0.145 e. The van der Waals surface area contributed by atoms with E-state index in [2.05, 4.69) is 25.6 Å². The molecule has 2 heteroatoms. The molecule has 0 spiro atoms. The lowest BCUT2D eigenvalue weighted by Crippen LogP contribution is -1.92. The molecule has 15 heavy (non-hydrogen) atoms. The average Bonchev–Trinajstić information content (AvgIpc) is 2.28. The number of hydrogen-bond donors (Lipinski definition) is 0. The van der Waals surface area contributed by atoms with Crippen LogP contribution in [0, 0.1) is 4.91 Å². The van der Waals surface area contributed by atoms with Crippen LogP contribution in [0.15, 0.2) is 30.0 Å². The normalized spacial score (nSPS) is 10.0. The maximum atomic E-state index is 10.4. The van der Waals surface area contributed by atoms with Crippen LogP contribution in [0.2, 0.25) is 0 Å². The van der Waals surface area contributed by atoms with Gasteiger partial charge in [-0.05, 0) is 46.9 Å². The van der Waals surface area contributed by atoms with Crippen LogP contribution in [0.1, 0.15) is 37.8 Å². The Morgan fingerprint density at radius 1 is 1.40 bits per heavy atom. The molecule has 0 bridgehead atoms. The highest BCUT2D eigenvalue weighted by Gasteiger charge is 2.05. The van der Waals surface area contributed by atoms with Crippen molar-refractivity contribution in [2.45, 2.75) is 33.1 Å². The topological polar surface area (TPSA) is 29.4 Å². The summed E-state index contributed by atoms with van der Waals surface area (Å²) in [4.78, 5) is 10.4. The largest absolute Gasteiger partial charge is 0.145 e. The third kappa shape index (κ3) is 2.75. The van der Waals surface area contributed by atoms with Crippen LogP contribution >= 0.6 is 0 Å². The number of aryl methyl sites for hydroxylation is 1. The van der Waals surface area contributed by atoms with Crippen LogP contribution in [0.3, 0.4) is 0 Å². The van der Waals surface area contributed by atoms with Gasteiger partial charge in [0.15, 0.2) is 0 Å².